The van der Waals surface area contributed by atoms with Crippen molar-refractivity contribution in [2.24, 2.45) is 0 Å². The van der Waals surface area contributed by atoms with Gasteiger partial charge in [0.1, 0.15) is 6.10 Å². The van der Waals surface area contributed by atoms with Crippen LogP contribution < -0.4 is 0 Å². The van der Waals surface area contributed by atoms with E-state index < -0.39 is 53.5 Å². The number of carbonyl (C=O) groups excluding carboxylic acids is 1. The average molecular weight is 470 g/mol. The third-order valence-electron chi connectivity index (χ3n) is 3.56. The molecule has 1 fully saturated rings. The quantitative estimate of drug-likeness (QED) is 0.483. The highest BCUT2D eigenvalue weighted by molar-refractivity contribution is 8.10. The van der Waals surface area contributed by atoms with E-state index in [1.807, 2.05) is 0 Å². The second-order valence-electron chi connectivity index (χ2n) is 5.45. The molecule has 0 aromatic carbocycles. The Balaban J connectivity index is 0.00000352. The van der Waals surface area contributed by atoms with Gasteiger partial charge in [-0.2, -0.15) is 26.3 Å². The van der Waals surface area contributed by atoms with Crippen molar-refractivity contribution in [1.29, 1.82) is 0 Å². The van der Waals surface area contributed by atoms with E-state index in [4.69, 9.17) is 5.11 Å². The summed E-state index contributed by atoms with van der Waals surface area (Å²) >= 11 is 0. The first-order valence-electron chi connectivity index (χ1n) is 7.43. The summed E-state index contributed by atoms with van der Waals surface area (Å²) in [5.74, 6) is -2.41. The highest BCUT2D eigenvalue weighted by Gasteiger charge is 2.67. The lowest BCUT2D eigenvalue weighted by atomic mass is 9.98. The number of carbonyl (C=O) groups is 1. The minimum absolute atomic E-state index is 0.126. The molecule has 28 heavy (non-hydrogen) atoms. The molecular formula is C12H17F7O7S2. The second kappa shape index (κ2) is 9.56. The third kappa shape index (κ3) is 5.92. The monoisotopic (exact) mass is 470 g/mol. The minimum atomic E-state index is -7.25. The van der Waals surface area contributed by atoms with Crippen molar-refractivity contribution in [2.75, 3.05) is 7.11 Å². The van der Waals surface area contributed by atoms with Crippen LogP contribution in [0.2, 0.25) is 0 Å². The van der Waals surface area contributed by atoms with E-state index in [9.17, 15) is 52.4 Å². The number of hydrogen-bond donors (Lipinski definition) is 1. The summed E-state index contributed by atoms with van der Waals surface area (Å²) in [5, 5.41) is 7.00. The van der Waals surface area contributed by atoms with Crippen LogP contribution in [0.15, 0.2) is 0 Å². The van der Waals surface area contributed by atoms with E-state index in [2.05, 4.69) is 4.74 Å². The molecule has 0 aromatic rings. The van der Waals surface area contributed by atoms with E-state index >= 15 is 0 Å². The van der Waals surface area contributed by atoms with Gasteiger partial charge in [-0.25, -0.2) is 26.0 Å². The summed E-state index contributed by atoms with van der Waals surface area (Å²) in [5.41, 5.74) is -13.1. The lowest BCUT2D eigenvalue weighted by Crippen LogP contribution is -2.52. The highest BCUT2D eigenvalue weighted by Crippen LogP contribution is 2.39. The normalized spacial score (nSPS) is 18.2. The lowest BCUT2D eigenvalue weighted by molar-refractivity contribution is -0.156. The van der Waals surface area contributed by atoms with Crippen LogP contribution in [0.5, 0.6) is 0 Å². The van der Waals surface area contributed by atoms with Gasteiger partial charge in [0.25, 0.3) is 19.7 Å². The molecule has 0 aliphatic heterocycles. The molecule has 1 N–H and O–H groups in total. The molecule has 7 nitrogen and oxygen atoms in total. The van der Waals surface area contributed by atoms with Gasteiger partial charge in [0.15, 0.2) is 0 Å². The summed E-state index contributed by atoms with van der Waals surface area (Å²) < 4.78 is 134. The molecule has 168 valence electrons. The summed E-state index contributed by atoms with van der Waals surface area (Å²) in [7, 11) is -13.5. The molecule has 1 aliphatic carbocycles. The first-order chi connectivity index (χ1) is 12.5. The van der Waals surface area contributed by atoms with E-state index in [1.165, 1.54) is 0 Å². The number of aliphatic hydroxyl groups excluding tert-OH is 1. The number of rotatable bonds is 5. The molecule has 1 rings (SSSR count). The van der Waals surface area contributed by atoms with Crippen molar-refractivity contribution in [3.8, 4) is 0 Å². The molecule has 1 aliphatic rings. The number of esters is 1. The first-order valence-corrected chi connectivity index (χ1v) is 10.5. The predicted molar refractivity (Wildman–Crippen MR) is 79.7 cm³/mol. The SMILES string of the molecule is CO.O=C(OC1CCCCC1)C(F)C(S(=O)(=O)C(F)(F)F)S(=O)(=O)C(F)(F)F. The molecule has 0 radical (unpaired) electrons. The van der Waals surface area contributed by atoms with E-state index in [0.29, 0.717) is 19.3 Å². The molecule has 0 heterocycles. The minimum Gasteiger partial charge on any atom is -0.460 e. The smallest absolute Gasteiger partial charge is 0.460 e. The lowest BCUT2D eigenvalue weighted by Gasteiger charge is -2.26. The number of hydrogen-bond acceptors (Lipinski definition) is 7. The van der Waals surface area contributed by atoms with E-state index in [1.54, 1.807) is 0 Å². The Morgan fingerprint density at radius 3 is 1.57 bits per heavy atom. The Kier molecular flexibility index (Phi) is 9.16. The first kappa shape index (κ1) is 26.8. The zero-order valence-corrected chi connectivity index (χ0v) is 15.8. The van der Waals surface area contributed by atoms with Gasteiger partial charge in [-0.15, -0.1) is 0 Å². The zero-order chi connectivity index (χ0) is 22.6. The summed E-state index contributed by atoms with van der Waals surface area (Å²) in [6.07, 6.45) is -3.39. The predicted octanol–water partition coefficient (Wildman–Crippen LogP) is 2.00. The highest BCUT2D eigenvalue weighted by atomic mass is 32.3. The van der Waals surface area contributed by atoms with Crippen molar-refractivity contribution in [2.45, 2.75) is 60.0 Å². The molecule has 1 atom stereocenters. The van der Waals surface area contributed by atoms with Gasteiger partial charge in [0, 0.05) is 7.11 Å². The van der Waals surface area contributed by atoms with Gasteiger partial charge in [0.05, 0.1) is 0 Å². The van der Waals surface area contributed by atoms with Crippen molar-refractivity contribution in [3.63, 3.8) is 0 Å². The average Bonchev–Trinajstić information content (AvgIpc) is 2.55. The number of aliphatic hydroxyl groups is 1. The van der Waals surface area contributed by atoms with Crippen molar-refractivity contribution < 1.29 is 62.2 Å². The Morgan fingerprint density at radius 2 is 1.25 bits per heavy atom. The molecule has 0 aromatic heterocycles. The van der Waals surface area contributed by atoms with Gasteiger partial charge >= 0.3 is 17.0 Å². The van der Waals surface area contributed by atoms with Gasteiger partial charge in [-0.05, 0) is 25.7 Å². The Morgan fingerprint density at radius 1 is 0.893 bits per heavy atom. The molecule has 0 bridgehead atoms. The maximum atomic E-state index is 14.0. The number of ether oxygens (including phenoxy) is 1. The van der Waals surface area contributed by atoms with Crippen LogP contribution in [0.3, 0.4) is 0 Å². The Labute approximate surface area is 155 Å². The van der Waals surface area contributed by atoms with Crippen molar-refractivity contribution in [1.82, 2.24) is 0 Å². The van der Waals surface area contributed by atoms with Crippen LogP contribution in [-0.4, -0.2) is 62.9 Å². The summed E-state index contributed by atoms with van der Waals surface area (Å²) in [4.78, 5) is 11.5. The van der Waals surface area contributed by atoms with Crippen LogP contribution in [0.25, 0.3) is 0 Å². The second-order valence-corrected chi connectivity index (χ2v) is 9.87. The third-order valence-corrected chi connectivity index (χ3v) is 8.07. The molecule has 1 unspecified atom stereocenters. The number of halogens is 7. The molecular weight excluding hydrogens is 453 g/mol. The fraction of sp³-hybridized carbons (Fsp3) is 0.917. The van der Waals surface area contributed by atoms with Crippen LogP contribution in [0.1, 0.15) is 32.1 Å². The van der Waals surface area contributed by atoms with Gasteiger partial charge in [-0.1, -0.05) is 6.42 Å². The summed E-state index contributed by atoms with van der Waals surface area (Å²) in [6.45, 7) is 0. The fourth-order valence-corrected chi connectivity index (χ4v) is 5.64. The largest absolute Gasteiger partial charge is 0.498 e. The Hall–Kier alpha value is -1.16. The molecule has 0 saturated heterocycles. The maximum absolute atomic E-state index is 14.0. The maximum Gasteiger partial charge on any atom is 0.498 e. The molecule has 16 heteroatoms. The molecule has 0 amide bonds. The topological polar surface area (TPSA) is 115 Å². The number of sulfone groups is 2. The van der Waals surface area contributed by atoms with Gasteiger partial charge < -0.3 is 9.84 Å². The van der Waals surface area contributed by atoms with Crippen molar-refractivity contribution in [3.05, 3.63) is 0 Å². The van der Waals surface area contributed by atoms with Crippen LogP contribution in [0.4, 0.5) is 30.7 Å². The number of alkyl halides is 7. The summed E-state index contributed by atoms with van der Waals surface area (Å²) in [6, 6.07) is 0. The van der Waals surface area contributed by atoms with Gasteiger partial charge in [0.2, 0.25) is 10.8 Å². The molecule has 1 saturated carbocycles. The van der Waals surface area contributed by atoms with E-state index in [0.717, 1.165) is 7.11 Å². The van der Waals surface area contributed by atoms with Gasteiger partial charge in [-0.3, -0.25) is 0 Å². The van der Waals surface area contributed by atoms with E-state index in [-0.39, 0.29) is 12.8 Å². The fourth-order valence-electron chi connectivity index (χ4n) is 2.27. The standard InChI is InChI=1S/C11H13F7O6S2.CH4O/c12-7(8(19)24-6-4-2-1-3-5-6)9(25(20,21)10(13,14)15)26(22,23)11(16,17)18;1-2/h6-7,9H,1-5H2;2H,1H3. The Bertz CT molecular complexity index is 678. The van der Waals surface area contributed by atoms with Crippen LogP contribution >= 0.6 is 0 Å². The van der Waals surface area contributed by atoms with Crippen LogP contribution in [0, 0.1) is 0 Å². The van der Waals surface area contributed by atoms with Crippen LogP contribution in [-0.2, 0) is 29.2 Å². The zero-order valence-electron chi connectivity index (χ0n) is 14.1. The molecule has 0 spiro atoms. The van der Waals surface area contributed by atoms with Crippen molar-refractivity contribution >= 4 is 25.6 Å².